The summed E-state index contributed by atoms with van der Waals surface area (Å²) in [6.07, 6.45) is 6.35. The molecule has 1 aromatic heterocycles. The monoisotopic (exact) mass is 254 g/mol. The van der Waals surface area contributed by atoms with Crippen LogP contribution in [0.25, 0.3) is 0 Å². The first-order valence-corrected chi connectivity index (χ1v) is 7.65. The van der Waals surface area contributed by atoms with E-state index in [0.29, 0.717) is 6.04 Å². The van der Waals surface area contributed by atoms with Gasteiger partial charge in [0, 0.05) is 6.04 Å². The molecule has 0 aliphatic heterocycles. The second-order valence-electron chi connectivity index (χ2n) is 4.88. The number of thiophene rings is 1. The molecule has 0 saturated carbocycles. The Morgan fingerprint density at radius 1 is 1.35 bits per heavy atom. The average Bonchev–Trinajstić information content (AvgIpc) is 2.76. The van der Waals surface area contributed by atoms with Gasteiger partial charge in [0.25, 0.3) is 0 Å². The summed E-state index contributed by atoms with van der Waals surface area (Å²) in [4.78, 5) is 0. The molecular formula is C14H26N2S. The Morgan fingerprint density at radius 3 is 2.59 bits per heavy atom. The Balaban J connectivity index is 2.59. The van der Waals surface area contributed by atoms with Gasteiger partial charge < -0.3 is 0 Å². The van der Waals surface area contributed by atoms with Gasteiger partial charge in [0.05, 0.1) is 0 Å². The van der Waals surface area contributed by atoms with Gasteiger partial charge in [-0.1, -0.05) is 39.5 Å². The fraction of sp³-hybridized carbons (Fsp3) is 0.714. The maximum Gasteiger partial charge on any atom is 0.0473 e. The topological polar surface area (TPSA) is 38.0 Å². The van der Waals surface area contributed by atoms with Crippen LogP contribution in [0.15, 0.2) is 10.8 Å². The normalized spacial score (nSPS) is 14.8. The summed E-state index contributed by atoms with van der Waals surface area (Å²) in [5.74, 6) is 6.51. The Labute approximate surface area is 110 Å². The fourth-order valence-electron chi connectivity index (χ4n) is 2.33. The van der Waals surface area contributed by atoms with E-state index in [4.69, 9.17) is 5.84 Å². The summed E-state index contributed by atoms with van der Waals surface area (Å²) in [5, 5.41) is 4.43. The zero-order valence-electron chi connectivity index (χ0n) is 11.3. The third kappa shape index (κ3) is 4.41. The van der Waals surface area contributed by atoms with Gasteiger partial charge in [0.2, 0.25) is 0 Å². The lowest BCUT2D eigenvalue weighted by Gasteiger charge is -2.22. The van der Waals surface area contributed by atoms with Gasteiger partial charge in [-0.2, -0.15) is 11.3 Å². The summed E-state index contributed by atoms with van der Waals surface area (Å²) in [6.45, 7) is 6.71. The van der Waals surface area contributed by atoms with E-state index in [1.807, 2.05) is 0 Å². The van der Waals surface area contributed by atoms with Gasteiger partial charge in [-0.05, 0) is 41.1 Å². The number of unbranched alkanes of at least 4 members (excludes halogenated alkanes) is 1. The van der Waals surface area contributed by atoms with Crippen LogP contribution in [0.5, 0.6) is 0 Å². The molecule has 98 valence electrons. The van der Waals surface area contributed by atoms with Crippen LogP contribution < -0.4 is 11.3 Å². The molecule has 0 aliphatic carbocycles. The standard InChI is InChI=1S/C14H26N2S/c1-4-6-7-12(5-2)8-14(16-15)13-10-17-9-11(13)3/h9-10,12,14,16H,4-8,15H2,1-3H3. The van der Waals surface area contributed by atoms with Crippen molar-refractivity contribution in [2.24, 2.45) is 11.8 Å². The molecule has 2 unspecified atom stereocenters. The maximum absolute atomic E-state index is 5.72. The van der Waals surface area contributed by atoms with E-state index in [2.05, 4.69) is 37.0 Å². The minimum atomic E-state index is 0.322. The molecule has 0 spiro atoms. The molecule has 1 rings (SSSR count). The molecular weight excluding hydrogens is 228 g/mol. The van der Waals surface area contributed by atoms with E-state index in [9.17, 15) is 0 Å². The SMILES string of the molecule is CCCCC(CC)CC(NN)c1cscc1C. The average molecular weight is 254 g/mol. The van der Waals surface area contributed by atoms with Crippen molar-refractivity contribution in [1.82, 2.24) is 5.43 Å². The van der Waals surface area contributed by atoms with Crippen LogP contribution in [-0.2, 0) is 0 Å². The van der Waals surface area contributed by atoms with E-state index < -0.39 is 0 Å². The van der Waals surface area contributed by atoms with E-state index in [1.54, 1.807) is 11.3 Å². The first-order chi connectivity index (χ1) is 8.22. The lowest BCUT2D eigenvalue weighted by molar-refractivity contribution is 0.356. The van der Waals surface area contributed by atoms with Gasteiger partial charge in [-0.15, -0.1) is 0 Å². The van der Waals surface area contributed by atoms with Gasteiger partial charge in [0.15, 0.2) is 0 Å². The van der Waals surface area contributed by atoms with E-state index >= 15 is 0 Å². The van der Waals surface area contributed by atoms with Crippen LogP contribution in [0.3, 0.4) is 0 Å². The highest BCUT2D eigenvalue weighted by Gasteiger charge is 2.17. The molecule has 17 heavy (non-hydrogen) atoms. The number of hydrogen-bond donors (Lipinski definition) is 2. The predicted octanol–water partition coefficient (Wildman–Crippen LogP) is 4.17. The van der Waals surface area contributed by atoms with Crippen molar-refractivity contribution < 1.29 is 0 Å². The molecule has 0 fully saturated rings. The highest BCUT2D eigenvalue weighted by atomic mass is 32.1. The van der Waals surface area contributed by atoms with Crippen LogP contribution in [0.4, 0.5) is 0 Å². The highest BCUT2D eigenvalue weighted by molar-refractivity contribution is 7.08. The molecule has 3 N–H and O–H groups in total. The summed E-state index contributed by atoms with van der Waals surface area (Å²) >= 11 is 1.77. The van der Waals surface area contributed by atoms with Crippen molar-refractivity contribution in [2.75, 3.05) is 0 Å². The van der Waals surface area contributed by atoms with Crippen molar-refractivity contribution in [3.63, 3.8) is 0 Å². The number of nitrogens with two attached hydrogens (primary N) is 1. The molecule has 2 atom stereocenters. The van der Waals surface area contributed by atoms with Gasteiger partial charge >= 0.3 is 0 Å². The predicted molar refractivity (Wildman–Crippen MR) is 77.0 cm³/mol. The molecule has 2 nitrogen and oxygen atoms in total. The number of hydrogen-bond acceptors (Lipinski definition) is 3. The van der Waals surface area contributed by atoms with Gasteiger partial charge in [0.1, 0.15) is 0 Å². The summed E-state index contributed by atoms with van der Waals surface area (Å²) in [5.41, 5.74) is 5.74. The quantitative estimate of drug-likeness (QED) is 0.540. The molecule has 0 radical (unpaired) electrons. The lowest BCUT2D eigenvalue weighted by atomic mass is 9.89. The lowest BCUT2D eigenvalue weighted by Crippen LogP contribution is -2.29. The first kappa shape index (κ1) is 14.7. The van der Waals surface area contributed by atoms with Gasteiger partial charge in [-0.25, -0.2) is 0 Å². The van der Waals surface area contributed by atoms with E-state index in [0.717, 1.165) is 12.3 Å². The van der Waals surface area contributed by atoms with Crippen LogP contribution >= 0.6 is 11.3 Å². The Morgan fingerprint density at radius 2 is 2.12 bits per heavy atom. The third-order valence-electron chi connectivity index (χ3n) is 3.58. The summed E-state index contributed by atoms with van der Waals surface area (Å²) in [6, 6.07) is 0.322. The Bertz CT molecular complexity index is 309. The highest BCUT2D eigenvalue weighted by Crippen LogP contribution is 2.29. The zero-order chi connectivity index (χ0) is 12.7. The largest absolute Gasteiger partial charge is 0.271 e. The Hall–Kier alpha value is -0.380. The second-order valence-corrected chi connectivity index (χ2v) is 5.63. The summed E-state index contributed by atoms with van der Waals surface area (Å²) < 4.78 is 0. The Kier molecular flexibility index (Phi) is 6.78. The number of nitrogens with one attached hydrogen (secondary N) is 1. The number of hydrazine groups is 1. The molecule has 1 heterocycles. The smallest absolute Gasteiger partial charge is 0.0473 e. The molecule has 0 bridgehead atoms. The second kappa shape index (κ2) is 7.85. The van der Waals surface area contributed by atoms with Crippen molar-refractivity contribution in [3.05, 3.63) is 21.9 Å². The van der Waals surface area contributed by atoms with Crippen molar-refractivity contribution in [1.29, 1.82) is 0 Å². The van der Waals surface area contributed by atoms with E-state index in [-0.39, 0.29) is 0 Å². The maximum atomic E-state index is 5.72. The van der Waals surface area contributed by atoms with E-state index in [1.165, 1.54) is 36.8 Å². The fourth-order valence-corrected chi connectivity index (χ4v) is 3.23. The molecule has 0 aromatic carbocycles. The molecule has 0 aliphatic rings. The summed E-state index contributed by atoms with van der Waals surface area (Å²) in [7, 11) is 0. The van der Waals surface area contributed by atoms with Crippen molar-refractivity contribution in [2.45, 2.75) is 58.9 Å². The van der Waals surface area contributed by atoms with Gasteiger partial charge in [-0.3, -0.25) is 11.3 Å². The molecule has 3 heteroatoms. The van der Waals surface area contributed by atoms with Crippen molar-refractivity contribution >= 4 is 11.3 Å². The molecule has 0 amide bonds. The van der Waals surface area contributed by atoms with Crippen LogP contribution in [0.1, 0.15) is 63.1 Å². The van der Waals surface area contributed by atoms with Crippen LogP contribution in [-0.4, -0.2) is 0 Å². The minimum Gasteiger partial charge on any atom is -0.271 e. The minimum absolute atomic E-state index is 0.322. The van der Waals surface area contributed by atoms with Crippen LogP contribution in [0, 0.1) is 12.8 Å². The zero-order valence-corrected chi connectivity index (χ0v) is 12.1. The third-order valence-corrected chi connectivity index (χ3v) is 4.46. The van der Waals surface area contributed by atoms with Crippen molar-refractivity contribution in [3.8, 4) is 0 Å². The molecule has 0 saturated heterocycles. The number of aryl methyl sites for hydroxylation is 1. The first-order valence-electron chi connectivity index (χ1n) is 6.71. The van der Waals surface area contributed by atoms with Crippen LogP contribution in [0.2, 0.25) is 0 Å². The number of rotatable bonds is 8. The molecule has 1 aromatic rings.